The van der Waals surface area contributed by atoms with Gasteiger partial charge in [0.2, 0.25) is 5.13 Å². The molecule has 1 atom stereocenters. The van der Waals surface area contributed by atoms with Crippen LogP contribution in [-0.2, 0) is 6.42 Å². The van der Waals surface area contributed by atoms with Gasteiger partial charge in [-0.3, -0.25) is 0 Å². The average molecular weight is 290 g/mol. The summed E-state index contributed by atoms with van der Waals surface area (Å²) >= 11 is 5.12. The maximum absolute atomic E-state index is 4.59. The third-order valence-electron chi connectivity index (χ3n) is 2.73. The van der Waals surface area contributed by atoms with Crippen molar-refractivity contribution in [2.45, 2.75) is 38.6 Å². The van der Waals surface area contributed by atoms with E-state index >= 15 is 0 Å². The summed E-state index contributed by atoms with van der Waals surface area (Å²) in [6, 6.07) is 0.618. The molecule has 1 saturated heterocycles. The van der Waals surface area contributed by atoms with Crippen molar-refractivity contribution in [3.8, 4) is 0 Å². The fraction of sp³-hybridized carbons (Fsp3) is 0.800. The van der Waals surface area contributed by atoms with Crippen molar-refractivity contribution >= 4 is 32.6 Å². The molecule has 1 fully saturated rings. The molecule has 1 aliphatic rings. The van der Waals surface area contributed by atoms with Gasteiger partial charge in [-0.1, -0.05) is 22.9 Å². The molecule has 0 spiro atoms. The molecule has 2 rings (SSSR count). The lowest BCUT2D eigenvalue weighted by Gasteiger charge is -2.21. The molecule has 1 unspecified atom stereocenters. The molecule has 0 aliphatic carbocycles. The van der Waals surface area contributed by atoms with E-state index in [1.807, 2.05) is 0 Å². The van der Waals surface area contributed by atoms with E-state index in [1.165, 1.54) is 12.8 Å². The topological polar surface area (TPSA) is 29.0 Å². The summed E-state index contributed by atoms with van der Waals surface area (Å²) in [6.45, 7) is 3.30. The fourth-order valence-corrected chi connectivity index (χ4v) is 3.42. The van der Waals surface area contributed by atoms with Gasteiger partial charge in [0.15, 0.2) is 0 Å². The average Bonchev–Trinajstić information content (AvgIpc) is 2.84. The van der Waals surface area contributed by atoms with Crippen LogP contribution in [0.5, 0.6) is 0 Å². The highest BCUT2D eigenvalue weighted by Crippen LogP contribution is 2.27. The Morgan fingerprint density at radius 1 is 1.60 bits per heavy atom. The highest BCUT2D eigenvalue weighted by atomic mass is 79.9. The first-order valence-corrected chi connectivity index (χ1v) is 7.39. The Bertz CT molecular complexity index is 315. The van der Waals surface area contributed by atoms with Crippen LogP contribution in [0, 0.1) is 0 Å². The zero-order chi connectivity index (χ0) is 10.7. The summed E-state index contributed by atoms with van der Waals surface area (Å²) in [5.74, 6) is 1.01. The standard InChI is InChI=1S/C10H16BrN3S/c1-2-4-9-12-10(15-13-9)14-6-3-5-8(14)7-11/h8H,2-7H2,1H3. The normalized spacial score (nSPS) is 21.2. The van der Waals surface area contributed by atoms with Crippen LogP contribution in [0.3, 0.4) is 0 Å². The first-order chi connectivity index (χ1) is 7.35. The fourth-order valence-electron chi connectivity index (χ4n) is 1.93. The Morgan fingerprint density at radius 2 is 2.47 bits per heavy atom. The first-order valence-electron chi connectivity index (χ1n) is 5.50. The number of anilines is 1. The van der Waals surface area contributed by atoms with Crippen molar-refractivity contribution in [3.63, 3.8) is 0 Å². The second-order valence-corrected chi connectivity index (χ2v) is 5.26. The van der Waals surface area contributed by atoms with E-state index in [-0.39, 0.29) is 0 Å². The van der Waals surface area contributed by atoms with Crippen molar-refractivity contribution in [1.82, 2.24) is 9.36 Å². The minimum absolute atomic E-state index is 0.618. The van der Waals surface area contributed by atoms with Gasteiger partial charge in [-0.05, 0) is 19.3 Å². The maximum atomic E-state index is 4.59. The molecule has 1 aliphatic heterocycles. The molecule has 2 heterocycles. The Balaban J connectivity index is 2.07. The molecule has 0 amide bonds. The molecular formula is C10H16BrN3S. The van der Waals surface area contributed by atoms with E-state index in [1.54, 1.807) is 11.5 Å². The largest absolute Gasteiger partial charge is 0.343 e. The van der Waals surface area contributed by atoms with Crippen LogP contribution in [0.2, 0.25) is 0 Å². The smallest absolute Gasteiger partial charge is 0.205 e. The van der Waals surface area contributed by atoms with Gasteiger partial charge >= 0.3 is 0 Å². The number of rotatable bonds is 4. The van der Waals surface area contributed by atoms with E-state index in [0.717, 1.165) is 35.7 Å². The molecule has 15 heavy (non-hydrogen) atoms. The number of nitrogens with zero attached hydrogens (tertiary/aromatic N) is 3. The summed E-state index contributed by atoms with van der Waals surface area (Å²) in [7, 11) is 0. The van der Waals surface area contributed by atoms with Crippen LogP contribution in [0.4, 0.5) is 5.13 Å². The molecule has 0 aromatic carbocycles. The number of hydrogen-bond acceptors (Lipinski definition) is 4. The van der Waals surface area contributed by atoms with Gasteiger partial charge in [0, 0.05) is 35.9 Å². The monoisotopic (exact) mass is 289 g/mol. The predicted octanol–water partition coefficient (Wildman–Crippen LogP) is 2.85. The Labute approximate surface area is 103 Å². The third kappa shape index (κ3) is 2.50. The third-order valence-corrected chi connectivity index (χ3v) is 4.27. The van der Waals surface area contributed by atoms with Crippen molar-refractivity contribution < 1.29 is 0 Å². The van der Waals surface area contributed by atoms with Gasteiger partial charge in [0.1, 0.15) is 5.82 Å². The van der Waals surface area contributed by atoms with Crippen molar-refractivity contribution in [2.75, 3.05) is 16.8 Å². The van der Waals surface area contributed by atoms with Crippen molar-refractivity contribution in [3.05, 3.63) is 5.82 Å². The van der Waals surface area contributed by atoms with Gasteiger partial charge in [0.05, 0.1) is 0 Å². The number of hydrogen-bond donors (Lipinski definition) is 0. The first kappa shape index (κ1) is 11.3. The molecule has 5 heteroatoms. The van der Waals surface area contributed by atoms with Gasteiger partial charge in [-0.2, -0.15) is 4.37 Å². The second kappa shape index (κ2) is 5.25. The Morgan fingerprint density at radius 3 is 3.20 bits per heavy atom. The predicted molar refractivity (Wildman–Crippen MR) is 68.1 cm³/mol. The quantitative estimate of drug-likeness (QED) is 0.798. The lowest BCUT2D eigenvalue weighted by atomic mass is 10.2. The van der Waals surface area contributed by atoms with Crippen LogP contribution >= 0.6 is 27.5 Å². The summed E-state index contributed by atoms with van der Waals surface area (Å²) < 4.78 is 4.39. The van der Waals surface area contributed by atoms with Crippen LogP contribution in [0.15, 0.2) is 0 Å². The highest BCUT2D eigenvalue weighted by molar-refractivity contribution is 9.09. The summed E-state index contributed by atoms with van der Waals surface area (Å²) in [4.78, 5) is 6.99. The molecule has 0 saturated carbocycles. The Hall–Kier alpha value is -0.160. The molecule has 0 N–H and O–H groups in total. The zero-order valence-electron chi connectivity index (χ0n) is 8.95. The van der Waals surface area contributed by atoms with Crippen molar-refractivity contribution in [2.24, 2.45) is 0 Å². The summed E-state index contributed by atoms with van der Waals surface area (Å²) in [5, 5.41) is 2.15. The van der Waals surface area contributed by atoms with Gasteiger partial charge in [0.25, 0.3) is 0 Å². The van der Waals surface area contributed by atoms with Gasteiger partial charge in [-0.25, -0.2) is 4.98 Å². The summed E-state index contributed by atoms with van der Waals surface area (Å²) in [6.07, 6.45) is 4.67. The van der Waals surface area contributed by atoms with E-state index < -0.39 is 0 Å². The second-order valence-electron chi connectivity index (χ2n) is 3.89. The maximum Gasteiger partial charge on any atom is 0.205 e. The zero-order valence-corrected chi connectivity index (χ0v) is 11.4. The van der Waals surface area contributed by atoms with Crippen LogP contribution < -0.4 is 4.90 Å². The SMILES string of the molecule is CCCc1nsc(N2CCCC2CBr)n1. The van der Waals surface area contributed by atoms with Gasteiger partial charge in [-0.15, -0.1) is 0 Å². The van der Waals surface area contributed by atoms with E-state index in [2.05, 4.69) is 37.1 Å². The van der Waals surface area contributed by atoms with E-state index in [0.29, 0.717) is 6.04 Å². The number of aromatic nitrogens is 2. The molecular weight excluding hydrogens is 274 g/mol. The van der Waals surface area contributed by atoms with E-state index in [9.17, 15) is 0 Å². The Kier molecular flexibility index (Phi) is 3.97. The molecule has 1 aromatic rings. The lowest BCUT2D eigenvalue weighted by molar-refractivity contribution is 0.744. The van der Waals surface area contributed by atoms with E-state index in [4.69, 9.17) is 0 Å². The minimum atomic E-state index is 0.618. The van der Waals surface area contributed by atoms with Crippen LogP contribution in [0.1, 0.15) is 32.0 Å². The molecule has 84 valence electrons. The van der Waals surface area contributed by atoms with Gasteiger partial charge < -0.3 is 4.90 Å². The van der Waals surface area contributed by atoms with Crippen LogP contribution in [0.25, 0.3) is 0 Å². The molecule has 1 aromatic heterocycles. The van der Waals surface area contributed by atoms with Crippen molar-refractivity contribution in [1.29, 1.82) is 0 Å². The molecule has 0 radical (unpaired) electrons. The number of aryl methyl sites for hydroxylation is 1. The number of halogens is 1. The lowest BCUT2D eigenvalue weighted by Crippen LogP contribution is -2.30. The highest BCUT2D eigenvalue weighted by Gasteiger charge is 2.26. The summed E-state index contributed by atoms with van der Waals surface area (Å²) in [5.41, 5.74) is 0. The van der Waals surface area contributed by atoms with Crippen LogP contribution in [-0.4, -0.2) is 27.3 Å². The molecule has 3 nitrogen and oxygen atoms in total. The molecule has 0 bridgehead atoms. The minimum Gasteiger partial charge on any atom is -0.343 e. The number of alkyl halides is 1.